The second kappa shape index (κ2) is 7.64. The first-order chi connectivity index (χ1) is 13.5. The van der Waals surface area contributed by atoms with E-state index in [9.17, 15) is 9.59 Å². The molecule has 3 heterocycles. The Hall–Kier alpha value is -2.86. The number of aromatic nitrogens is 1. The van der Waals surface area contributed by atoms with Crippen LogP contribution in [0.4, 0.5) is 0 Å². The number of fused-ring (bicyclic) bond motifs is 1. The Morgan fingerprint density at radius 1 is 1.29 bits per heavy atom. The van der Waals surface area contributed by atoms with Gasteiger partial charge in [-0.3, -0.25) is 9.59 Å². The van der Waals surface area contributed by atoms with Crippen molar-refractivity contribution in [2.75, 3.05) is 13.2 Å². The fourth-order valence-corrected chi connectivity index (χ4v) is 3.70. The maximum atomic E-state index is 12.9. The highest BCUT2D eigenvalue weighted by Gasteiger charge is 2.25. The molecule has 0 bridgehead atoms. The summed E-state index contributed by atoms with van der Waals surface area (Å²) in [5.41, 5.74) is 3.41. The quantitative estimate of drug-likeness (QED) is 0.734. The number of amides is 1. The normalized spacial score (nSPS) is 16.6. The van der Waals surface area contributed by atoms with Gasteiger partial charge in [-0.05, 0) is 61.4 Å². The molecule has 4 rings (SSSR count). The van der Waals surface area contributed by atoms with E-state index in [1.165, 1.54) is 6.26 Å². The summed E-state index contributed by atoms with van der Waals surface area (Å²) in [7, 11) is 0. The summed E-state index contributed by atoms with van der Waals surface area (Å²) in [6, 6.07) is 9.24. The average Bonchev–Trinajstić information content (AvgIpc) is 3.39. The van der Waals surface area contributed by atoms with E-state index in [0.717, 1.165) is 34.9 Å². The van der Waals surface area contributed by atoms with Crippen LogP contribution in [0, 0.1) is 13.8 Å². The molecule has 28 heavy (non-hydrogen) atoms. The number of pyridine rings is 1. The lowest BCUT2D eigenvalue weighted by Crippen LogP contribution is -2.38. The third-order valence-corrected chi connectivity index (χ3v) is 5.46. The highest BCUT2D eigenvalue weighted by atomic mass is 16.5. The maximum Gasteiger partial charge on any atom is 0.289 e. The van der Waals surface area contributed by atoms with Gasteiger partial charge < -0.3 is 19.0 Å². The standard InChI is InChI=1S/C22H24N2O4/c1-14-7-8-16-11-17(21(25)23-20(16)15(14)2)12-24(13-18-5-3-9-27-18)22(26)19-6-4-10-28-19/h4,6-8,10-11,18H,3,5,9,12-13H2,1-2H3,(H,23,25)/t18-/m0/s1. The van der Waals surface area contributed by atoms with Crippen molar-refractivity contribution in [1.29, 1.82) is 0 Å². The number of aromatic amines is 1. The zero-order valence-electron chi connectivity index (χ0n) is 16.2. The smallest absolute Gasteiger partial charge is 0.289 e. The molecule has 1 amide bonds. The fraction of sp³-hybridized carbons (Fsp3) is 0.364. The second-order valence-electron chi connectivity index (χ2n) is 7.39. The maximum absolute atomic E-state index is 12.9. The Morgan fingerprint density at radius 3 is 2.86 bits per heavy atom. The first-order valence-corrected chi connectivity index (χ1v) is 9.59. The Balaban J connectivity index is 1.67. The number of benzene rings is 1. The summed E-state index contributed by atoms with van der Waals surface area (Å²) >= 11 is 0. The Labute approximate surface area is 163 Å². The zero-order valence-corrected chi connectivity index (χ0v) is 16.2. The van der Waals surface area contributed by atoms with E-state index >= 15 is 0 Å². The first kappa shape index (κ1) is 18.5. The number of H-pyrrole nitrogens is 1. The minimum absolute atomic E-state index is 0.0108. The van der Waals surface area contributed by atoms with Gasteiger partial charge in [-0.1, -0.05) is 12.1 Å². The second-order valence-corrected chi connectivity index (χ2v) is 7.39. The van der Waals surface area contributed by atoms with Crippen molar-refractivity contribution in [1.82, 2.24) is 9.88 Å². The van der Waals surface area contributed by atoms with Crippen molar-refractivity contribution < 1.29 is 13.9 Å². The molecule has 0 saturated carbocycles. The summed E-state index contributed by atoms with van der Waals surface area (Å²) in [5.74, 6) is 0.0294. The van der Waals surface area contributed by atoms with Gasteiger partial charge in [0.2, 0.25) is 0 Å². The van der Waals surface area contributed by atoms with E-state index in [4.69, 9.17) is 9.15 Å². The molecule has 1 aliphatic heterocycles. The van der Waals surface area contributed by atoms with Gasteiger partial charge in [0.05, 0.1) is 24.4 Å². The fourth-order valence-electron chi connectivity index (χ4n) is 3.70. The van der Waals surface area contributed by atoms with E-state index in [1.54, 1.807) is 17.0 Å². The highest BCUT2D eigenvalue weighted by Crippen LogP contribution is 2.21. The summed E-state index contributed by atoms with van der Waals surface area (Å²) in [6.45, 7) is 5.37. The molecule has 1 fully saturated rings. The van der Waals surface area contributed by atoms with Crippen LogP contribution < -0.4 is 5.56 Å². The van der Waals surface area contributed by atoms with Gasteiger partial charge in [0.1, 0.15) is 0 Å². The zero-order chi connectivity index (χ0) is 19.7. The third kappa shape index (κ3) is 3.60. The molecule has 146 valence electrons. The van der Waals surface area contributed by atoms with E-state index < -0.39 is 0 Å². The van der Waals surface area contributed by atoms with Crippen LogP contribution in [0.15, 0.2) is 45.8 Å². The van der Waals surface area contributed by atoms with Crippen molar-refractivity contribution in [3.8, 4) is 0 Å². The van der Waals surface area contributed by atoms with Gasteiger partial charge in [0.15, 0.2) is 5.76 Å². The number of furan rings is 1. The molecule has 1 aliphatic rings. The van der Waals surface area contributed by atoms with Gasteiger partial charge in [0, 0.05) is 18.7 Å². The summed E-state index contributed by atoms with van der Waals surface area (Å²) < 4.78 is 11.0. The number of nitrogens with zero attached hydrogens (tertiary/aromatic N) is 1. The molecule has 1 atom stereocenters. The van der Waals surface area contributed by atoms with Crippen molar-refractivity contribution in [3.63, 3.8) is 0 Å². The third-order valence-electron chi connectivity index (χ3n) is 5.46. The monoisotopic (exact) mass is 380 g/mol. The molecule has 1 saturated heterocycles. The SMILES string of the molecule is Cc1ccc2cc(CN(C[C@@H]3CCCO3)C(=O)c3ccco3)c(=O)[nH]c2c1C. The molecule has 6 heteroatoms. The van der Waals surface area contributed by atoms with Crippen molar-refractivity contribution in [2.45, 2.75) is 39.3 Å². The van der Waals surface area contributed by atoms with Gasteiger partial charge >= 0.3 is 0 Å². The average molecular weight is 380 g/mol. The molecular formula is C22H24N2O4. The molecular weight excluding hydrogens is 356 g/mol. The van der Waals surface area contributed by atoms with Gasteiger partial charge in [-0.25, -0.2) is 0 Å². The number of carbonyl (C=O) groups excluding carboxylic acids is 1. The van der Waals surface area contributed by atoms with Crippen LogP contribution >= 0.6 is 0 Å². The number of hydrogen-bond acceptors (Lipinski definition) is 4. The molecule has 1 aromatic carbocycles. The van der Waals surface area contributed by atoms with Crippen LogP contribution in [0.5, 0.6) is 0 Å². The predicted octanol–water partition coefficient (Wildman–Crippen LogP) is 3.56. The van der Waals surface area contributed by atoms with E-state index in [2.05, 4.69) is 4.98 Å². The molecule has 0 spiro atoms. The number of rotatable bonds is 5. The molecule has 0 aliphatic carbocycles. The van der Waals surface area contributed by atoms with Crippen LogP contribution in [0.25, 0.3) is 10.9 Å². The molecule has 6 nitrogen and oxygen atoms in total. The Morgan fingerprint density at radius 2 is 2.14 bits per heavy atom. The lowest BCUT2D eigenvalue weighted by molar-refractivity contribution is 0.0483. The molecule has 0 radical (unpaired) electrons. The summed E-state index contributed by atoms with van der Waals surface area (Å²) in [6.07, 6.45) is 3.37. The van der Waals surface area contributed by atoms with Crippen LogP contribution in [0.2, 0.25) is 0 Å². The summed E-state index contributed by atoms with van der Waals surface area (Å²) in [5, 5.41) is 0.959. The van der Waals surface area contributed by atoms with Crippen LogP contribution in [0.3, 0.4) is 0 Å². The topological polar surface area (TPSA) is 75.5 Å². The lowest BCUT2D eigenvalue weighted by Gasteiger charge is -2.24. The van der Waals surface area contributed by atoms with Gasteiger partial charge in [-0.2, -0.15) is 0 Å². The number of carbonyl (C=O) groups is 1. The minimum Gasteiger partial charge on any atom is -0.459 e. The van der Waals surface area contributed by atoms with E-state index in [0.29, 0.717) is 18.7 Å². The van der Waals surface area contributed by atoms with Crippen molar-refractivity contribution >= 4 is 16.8 Å². The molecule has 1 N–H and O–H groups in total. The van der Waals surface area contributed by atoms with Gasteiger partial charge in [0.25, 0.3) is 11.5 Å². The largest absolute Gasteiger partial charge is 0.459 e. The number of ether oxygens (including phenoxy) is 1. The predicted molar refractivity (Wildman–Crippen MR) is 106 cm³/mol. The van der Waals surface area contributed by atoms with E-state index in [-0.39, 0.29) is 29.9 Å². The van der Waals surface area contributed by atoms with Gasteiger partial charge in [-0.15, -0.1) is 0 Å². The molecule has 0 unspecified atom stereocenters. The number of aryl methyl sites for hydroxylation is 2. The highest BCUT2D eigenvalue weighted by molar-refractivity contribution is 5.91. The molecule has 2 aromatic heterocycles. The Kier molecular flexibility index (Phi) is 5.05. The van der Waals surface area contributed by atoms with Crippen molar-refractivity contribution in [2.24, 2.45) is 0 Å². The Bertz CT molecular complexity index is 1050. The minimum atomic E-state index is -0.236. The number of nitrogens with one attached hydrogen (secondary N) is 1. The van der Waals surface area contributed by atoms with Crippen LogP contribution in [0.1, 0.15) is 40.1 Å². The van der Waals surface area contributed by atoms with E-state index in [1.807, 2.05) is 32.0 Å². The van der Waals surface area contributed by atoms with Crippen LogP contribution in [-0.4, -0.2) is 35.0 Å². The van der Waals surface area contributed by atoms with Crippen LogP contribution in [-0.2, 0) is 11.3 Å². The molecule has 3 aromatic rings. The summed E-state index contributed by atoms with van der Waals surface area (Å²) in [4.78, 5) is 30.3. The lowest BCUT2D eigenvalue weighted by atomic mass is 10.0. The number of hydrogen-bond donors (Lipinski definition) is 1. The van der Waals surface area contributed by atoms with Crippen molar-refractivity contribution in [3.05, 3.63) is 69.4 Å². The first-order valence-electron chi connectivity index (χ1n) is 9.59.